The minimum Gasteiger partial charge on any atom is -0.366 e. The Balaban J connectivity index is 1.38. The van der Waals surface area contributed by atoms with Crippen LogP contribution in [0.25, 0.3) is 16.9 Å². The molecule has 6 nitrogen and oxygen atoms in total. The van der Waals surface area contributed by atoms with E-state index in [1.165, 1.54) is 0 Å². The van der Waals surface area contributed by atoms with E-state index in [2.05, 4.69) is 31.7 Å². The number of nitrogens with zero attached hydrogens (tertiary/aromatic N) is 3. The molecular formula is C23H19BrClN5O. The number of halogens is 2. The molecule has 0 bridgehead atoms. The van der Waals surface area contributed by atoms with E-state index in [0.29, 0.717) is 17.2 Å². The second-order valence-corrected chi connectivity index (χ2v) is 8.81. The number of rotatable bonds is 6. The number of carbonyl (C=O) groups excluding carboxylic acids is 1. The van der Waals surface area contributed by atoms with Gasteiger partial charge in [0.2, 0.25) is 5.91 Å². The largest absolute Gasteiger partial charge is 0.366 e. The molecule has 0 aliphatic heterocycles. The first-order chi connectivity index (χ1) is 15.1. The van der Waals surface area contributed by atoms with Crippen molar-refractivity contribution in [2.45, 2.75) is 19.4 Å². The average Bonchev–Trinajstić information content (AvgIpc) is 3.57. The number of benzene rings is 2. The molecule has 2 aromatic carbocycles. The molecule has 4 aromatic rings. The van der Waals surface area contributed by atoms with Crippen LogP contribution >= 0.6 is 27.5 Å². The Kier molecular flexibility index (Phi) is 5.38. The average molecular weight is 497 g/mol. The number of hydrogen-bond donors (Lipinski definition) is 2. The molecule has 2 aromatic heterocycles. The van der Waals surface area contributed by atoms with Crippen molar-refractivity contribution < 1.29 is 4.79 Å². The lowest BCUT2D eigenvalue weighted by molar-refractivity contribution is -0.117. The van der Waals surface area contributed by atoms with Crippen molar-refractivity contribution in [2.24, 2.45) is 5.92 Å². The highest BCUT2D eigenvalue weighted by molar-refractivity contribution is 9.10. The van der Waals surface area contributed by atoms with Crippen molar-refractivity contribution in [3.8, 4) is 11.3 Å². The third-order valence-corrected chi connectivity index (χ3v) is 6.11. The molecule has 0 spiro atoms. The van der Waals surface area contributed by atoms with Crippen molar-refractivity contribution in [2.75, 3.05) is 10.6 Å². The Morgan fingerprint density at radius 1 is 1.16 bits per heavy atom. The topological polar surface area (TPSA) is 71.3 Å². The van der Waals surface area contributed by atoms with Crippen molar-refractivity contribution >= 4 is 50.6 Å². The number of anilines is 2. The van der Waals surface area contributed by atoms with E-state index in [4.69, 9.17) is 16.6 Å². The van der Waals surface area contributed by atoms with Crippen LogP contribution in [0.2, 0.25) is 5.02 Å². The number of hydrogen-bond acceptors (Lipinski definition) is 4. The number of carbonyl (C=O) groups is 1. The van der Waals surface area contributed by atoms with Gasteiger partial charge in [0, 0.05) is 34.8 Å². The predicted molar refractivity (Wildman–Crippen MR) is 126 cm³/mol. The van der Waals surface area contributed by atoms with Gasteiger partial charge >= 0.3 is 0 Å². The van der Waals surface area contributed by atoms with Crippen LogP contribution in [0.3, 0.4) is 0 Å². The summed E-state index contributed by atoms with van der Waals surface area (Å²) in [6.07, 6.45) is 3.71. The van der Waals surface area contributed by atoms with E-state index in [-0.39, 0.29) is 11.8 Å². The normalized spacial score (nSPS) is 13.4. The van der Waals surface area contributed by atoms with Crippen LogP contribution in [-0.2, 0) is 11.3 Å². The van der Waals surface area contributed by atoms with E-state index < -0.39 is 0 Å². The molecule has 1 saturated carbocycles. The van der Waals surface area contributed by atoms with Gasteiger partial charge < -0.3 is 10.6 Å². The molecule has 1 fully saturated rings. The lowest BCUT2D eigenvalue weighted by Crippen LogP contribution is -2.13. The van der Waals surface area contributed by atoms with Crippen LogP contribution in [0, 0.1) is 5.92 Å². The van der Waals surface area contributed by atoms with Crippen LogP contribution in [0.1, 0.15) is 18.4 Å². The highest BCUT2D eigenvalue weighted by Crippen LogP contribution is 2.31. The number of fused-ring (bicyclic) bond motifs is 1. The number of aromatic nitrogens is 3. The van der Waals surface area contributed by atoms with Gasteiger partial charge in [0.1, 0.15) is 5.82 Å². The summed E-state index contributed by atoms with van der Waals surface area (Å²) in [5.74, 6) is 1.11. The fraction of sp³-hybridized carbons (Fsp3) is 0.174. The molecule has 31 heavy (non-hydrogen) atoms. The molecule has 1 aliphatic carbocycles. The van der Waals surface area contributed by atoms with Crippen LogP contribution in [0.5, 0.6) is 0 Å². The van der Waals surface area contributed by atoms with Crippen LogP contribution in [0.15, 0.2) is 65.3 Å². The van der Waals surface area contributed by atoms with Crippen molar-refractivity contribution in [1.29, 1.82) is 0 Å². The zero-order valence-corrected chi connectivity index (χ0v) is 18.8. The zero-order valence-electron chi connectivity index (χ0n) is 16.5. The summed E-state index contributed by atoms with van der Waals surface area (Å²) in [7, 11) is 0. The van der Waals surface area contributed by atoms with E-state index >= 15 is 0 Å². The van der Waals surface area contributed by atoms with Crippen molar-refractivity contribution in [3.63, 3.8) is 0 Å². The van der Waals surface area contributed by atoms with Gasteiger partial charge in [0.05, 0.1) is 16.4 Å². The maximum absolute atomic E-state index is 11.9. The molecule has 0 unspecified atom stereocenters. The summed E-state index contributed by atoms with van der Waals surface area (Å²) >= 11 is 9.92. The third kappa shape index (κ3) is 4.29. The summed E-state index contributed by atoms with van der Waals surface area (Å²) in [5.41, 5.74) is 4.24. The Hall–Kier alpha value is -2.90. The highest BCUT2D eigenvalue weighted by Gasteiger charge is 2.29. The summed E-state index contributed by atoms with van der Waals surface area (Å²) in [6, 6.07) is 17.4. The second-order valence-electron chi connectivity index (χ2n) is 7.55. The first kappa shape index (κ1) is 20.0. The van der Waals surface area contributed by atoms with Gasteiger partial charge in [-0.1, -0.05) is 41.9 Å². The van der Waals surface area contributed by atoms with Gasteiger partial charge in [-0.05, 0) is 52.5 Å². The minimum atomic E-state index is 0.112. The standard InChI is InChI=1S/C23H19BrClN5O/c24-18-13-27-30-21(11-20(29-22(18)30)17-3-1-2-4-19(17)25)26-12-14-5-9-16(10-6-14)28-23(31)15-7-8-15/h1-6,9-11,13,15,26H,7-8,12H2,(H,28,31). The molecular weight excluding hydrogens is 478 g/mol. The Morgan fingerprint density at radius 3 is 2.68 bits per heavy atom. The molecule has 156 valence electrons. The summed E-state index contributed by atoms with van der Waals surface area (Å²) in [6.45, 7) is 0.593. The van der Waals surface area contributed by atoms with Crippen molar-refractivity contribution in [1.82, 2.24) is 14.6 Å². The van der Waals surface area contributed by atoms with Gasteiger partial charge in [-0.25, -0.2) is 4.98 Å². The van der Waals surface area contributed by atoms with E-state index in [0.717, 1.165) is 45.6 Å². The molecule has 0 atom stereocenters. The number of nitrogens with one attached hydrogen (secondary N) is 2. The molecule has 5 rings (SSSR count). The second kappa shape index (κ2) is 8.32. The highest BCUT2D eigenvalue weighted by atomic mass is 79.9. The maximum Gasteiger partial charge on any atom is 0.227 e. The SMILES string of the molecule is O=C(Nc1ccc(CNc2cc(-c3ccccc3Cl)nc3c(Br)cnn23)cc1)C1CC1. The van der Waals surface area contributed by atoms with E-state index in [1.807, 2.05) is 54.6 Å². The van der Waals surface area contributed by atoms with Crippen LogP contribution < -0.4 is 10.6 Å². The molecule has 0 radical (unpaired) electrons. The van der Waals surface area contributed by atoms with Gasteiger partial charge in [0.15, 0.2) is 5.65 Å². The molecule has 8 heteroatoms. The first-order valence-electron chi connectivity index (χ1n) is 10.0. The van der Waals surface area contributed by atoms with Crippen molar-refractivity contribution in [3.05, 3.63) is 75.9 Å². The Labute approximate surface area is 192 Å². The van der Waals surface area contributed by atoms with Crippen LogP contribution in [0.4, 0.5) is 11.5 Å². The van der Waals surface area contributed by atoms with Gasteiger partial charge in [-0.15, -0.1) is 0 Å². The molecule has 1 aliphatic rings. The van der Waals surface area contributed by atoms with E-state index in [1.54, 1.807) is 10.7 Å². The summed E-state index contributed by atoms with van der Waals surface area (Å²) in [5, 5.41) is 11.5. The van der Waals surface area contributed by atoms with E-state index in [9.17, 15) is 4.79 Å². The first-order valence-corrected chi connectivity index (χ1v) is 11.2. The lowest BCUT2D eigenvalue weighted by Gasteiger charge is -2.12. The number of amides is 1. The van der Waals surface area contributed by atoms with Gasteiger partial charge in [-0.2, -0.15) is 9.61 Å². The molecule has 2 heterocycles. The zero-order chi connectivity index (χ0) is 21.4. The molecule has 0 saturated heterocycles. The van der Waals surface area contributed by atoms with Gasteiger partial charge in [-0.3, -0.25) is 4.79 Å². The quantitative estimate of drug-likeness (QED) is 0.355. The summed E-state index contributed by atoms with van der Waals surface area (Å²) < 4.78 is 2.56. The third-order valence-electron chi connectivity index (χ3n) is 5.22. The smallest absolute Gasteiger partial charge is 0.227 e. The maximum atomic E-state index is 11.9. The summed E-state index contributed by atoms with van der Waals surface area (Å²) in [4.78, 5) is 16.6. The minimum absolute atomic E-state index is 0.112. The predicted octanol–water partition coefficient (Wildman–Crippen LogP) is 5.77. The Bertz CT molecular complexity index is 1270. The molecule has 2 N–H and O–H groups in total. The monoisotopic (exact) mass is 495 g/mol. The van der Waals surface area contributed by atoms with Gasteiger partial charge in [0.25, 0.3) is 0 Å². The fourth-order valence-electron chi connectivity index (χ4n) is 3.36. The lowest BCUT2D eigenvalue weighted by atomic mass is 10.1. The fourth-order valence-corrected chi connectivity index (χ4v) is 3.94. The molecule has 1 amide bonds. The van der Waals surface area contributed by atoms with Crippen LogP contribution in [-0.4, -0.2) is 20.5 Å². The Morgan fingerprint density at radius 2 is 1.94 bits per heavy atom.